The van der Waals surface area contributed by atoms with Crippen molar-refractivity contribution in [1.29, 1.82) is 0 Å². The largest absolute Gasteiger partial charge is 0.444 e. The van der Waals surface area contributed by atoms with Crippen LogP contribution in [-0.4, -0.2) is 41.6 Å². The summed E-state index contributed by atoms with van der Waals surface area (Å²) in [7, 11) is 1.72. The SMILES string of the molecule is CN1C(=O)CN(C(=O)OCc2ccccc2)C1C(C)(C)C. The number of carbonyl (C=O) groups is 2. The van der Waals surface area contributed by atoms with E-state index in [2.05, 4.69) is 0 Å². The first-order chi connectivity index (χ1) is 9.80. The van der Waals surface area contributed by atoms with Crippen LogP contribution >= 0.6 is 0 Å². The summed E-state index contributed by atoms with van der Waals surface area (Å²) in [6.07, 6.45) is -0.732. The third-order valence-corrected chi connectivity index (χ3v) is 3.58. The first kappa shape index (κ1) is 15.4. The molecule has 0 aliphatic carbocycles. The van der Waals surface area contributed by atoms with Gasteiger partial charge in [-0.3, -0.25) is 9.69 Å². The van der Waals surface area contributed by atoms with Gasteiger partial charge in [-0.15, -0.1) is 0 Å². The lowest BCUT2D eigenvalue weighted by molar-refractivity contribution is -0.127. The van der Waals surface area contributed by atoms with Crippen LogP contribution in [-0.2, 0) is 16.1 Å². The molecule has 0 spiro atoms. The predicted molar refractivity (Wildman–Crippen MR) is 79.3 cm³/mol. The molecule has 0 bridgehead atoms. The molecule has 114 valence electrons. The number of likely N-dealkylation sites (N-methyl/N-ethyl adjacent to an activating group) is 1. The molecule has 1 atom stereocenters. The van der Waals surface area contributed by atoms with Gasteiger partial charge in [-0.05, 0) is 5.56 Å². The Morgan fingerprint density at radius 2 is 1.90 bits per heavy atom. The van der Waals surface area contributed by atoms with Gasteiger partial charge in [-0.2, -0.15) is 0 Å². The first-order valence-corrected chi connectivity index (χ1v) is 7.03. The maximum Gasteiger partial charge on any atom is 0.412 e. The number of carbonyl (C=O) groups excluding carboxylic acids is 2. The molecule has 1 saturated heterocycles. The van der Waals surface area contributed by atoms with Crippen molar-refractivity contribution in [3.05, 3.63) is 35.9 Å². The maximum absolute atomic E-state index is 12.3. The molecule has 1 aromatic carbocycles. The lowest BCUT2D eigenvalue weighted by Crippen LogP contribution is -2.49. The van der Waals surface area contributed by atoms with Crippen molar-refractivity contribution in [2.75, 3.05) is 13.6 Å². The van der Waals surface area contributed by atoms with E-state index in [1.807, 2.05) is 51.1 Å². The van der Waals surface area contributed by atoms with E-state index in [4.69, 9.17) is 4.74 Å². The average molecular weight is 290 g/mol. The fourth-order valence-corrected chi connectivity index (χ4v) is 2.70. The summed E-state index contributed by atoms with van der Waals surface area (Å²) in [5.41, 5.74) is 0.698. The van der Waals surface area contributed by atoms with Gasteiger partial charge in [0.2, 0.25) is 5.91 Å². The van der Waals surface area contributed by atoms with Gasteiger partial charge in [0.05, 0.1) is 0 Å². The fraction of sp³-hybridized carbons (Fsp3) is 0.500. The molecular formula is C16H22N2O3. The lowest BCUT2D eigenvalue weighted by atomic mass is 9.91. The van der Waals surface area contributed by atoms with E-state index < -0.39 is 6.09 Å². The maximum atomic E-state index is 12.3. The summed E-state index contributed by atoms with van der Waals surface area (Å²) in [6.45, 7) is 6.30. The summed E-state index contributed by atoms with van der Waals surface area (Å²) in [4.78, 5) is 27.3. The van der Waals surface area contributed by atoms with Crippen LogP contribution in [0, 0.1) is 5.41 Å². The van der Waals surface area contributed by atoms with Gasteiger partial charge in [0.1, 0.15) is 19.3 Å². The Balaban J connectivity index is 2.05. The van der Waals surface area contributed by atoms with Gasteiger partial charge in [0.15, 0.2) is 0 Å². The van der Waals surface area contributed by atoms with E-state index in [9.17, 15) is 9.59 Å². The van der Waals surface area contributed by atoms with Crippen LogP contribution in [0.3, 0.4) is 0 Å². The molecule has 5 heteroatoms. The number of rotatable bonds is 2. The molecule has 2 rings (SSSR count). The van der Waals surface area contributed by atoms with Crippen molar-refractivity contribution in [3.63, 3.8) is 0 Å². The second-order valence-corrected chi connectivity index (χ2v) is 6.41. The Hall–Kier alpha value is -2.04. The van der Waals surface area contributed by atoms with Crippen LogP contribution < -0.4 is 0 Å². The molecule has 1 aromatic rings. The monoisotopic (exact) mass is 290 g/mol. The third kappa shape index (κ3) is 3.35. The molecule has 1 unspecified atom stereocenters. The molecular weight excluding hydrogens is 268 g/mol. The number of benzene rings is 1. The van der Waals surface area contributed by atoms with Gasteiger partial charge < -0.3 is 9.64 Å². The van der Waals surface area contributed by atoms with Crippen LogP contribution in [0.25, 0.3) is 0 Å². The molecule has 0 radical (unpaired) electrons. The average Bonchev–Trinajstić information content (AvgIpc) is 2.73. The number of ether oxygens (including phenoxy) is 1. The Labute approximate surface area is 125 Å². The Morgan fingerprint density at radius 1 is 1.29 bits per heavy atom. The second-order valence-electron chi connectivity index (χ2n) is 6.41. The minimum Gasteiger partial charge on any atom is -0.444 e. The fourth-order valence-electron chi connectivity index (χ4n) is 2.70. The quantitative estimate of drug-likeness (QED) is 0.840. The summed E-state index contributed by atoms with van der Waals surface area (Å²) in [5, 5.41) is 0. The number of nitrogens with zero attached hydrogens (tertiary/aromatic N) is 2. The summed E-state index contributed by atoms with van der Waals surface area (Å²) < 4.78 is 5.34. The van der Waals surface area contributed by atoms with Crippen LogP contribution in [0.5, 0.6) is 0 Å². The predicted octanol–water partition coefficient (Wildman–Crippen LogP) is 2.47. The third-order valence-electron chi connectivity index (χ3n) is 3.58. The van der Waals surface area contributed by atoms with E-state index in [0.717, 1.165) is 5.56 Å². The van der Waals surface area contributed by atoms with Crippen molar-refractivity contribution < 1.29 is 14.3 Å². The van der Waals surface area contributed by atoms with E-state index in [1.165, 1.54) is 4.90 Å². The minimum absolute atomic E-state index is 0.0633. The lowest BCUT2D eigenvalue weighted by Gasteiger charge is -2.37. The van der Waals surface area contributed by atoms with Gasteiger partial charge in [-0.1, -0.05) is 51.1 Å². The van der Waals surface area contributed by atoms with Gasteiger partial charge in [0.25, 0.3) is 0 Å². The minimum atomic E-state index is -0.448. The van der Waals surface area contributed by atoms with Crippen LogP contribution in [0.2, 0.25) is 0 Å². The molecule has 1 aliphatic rings. The van der Waals surface area contributed by atoms with Gasteiger partial charge in [-0.25, -0.2) is 4.79 Å². The Kier molecular flexibility index (Phi) is 4.21. The highest BCUT2D eigenvalue weighted by Crippen LogP contribution is 2.31. The van der Waals surface area contributed by atoms with E-state index in [0.29, 0.717) is 0 Å². The highest BCUT2D eigenvalue weighted by Gasteiger charge is 2.45. The smallest absolute Gasteiger partial charge is 0.412 e. The van der Waals surface area contributed by atoms with Crippen molar-refractivity contribution in [1.82, 2.24) is 9.80 Å². The van der Waals surface area contributed by atoms with Gasteiger partial charge in [0, 0.05) is 12.5 Å². The van der Waals surface area contributed by atoms with Crippen LogP contribution in [0.4, 0.5) is 4.79 Å². The number of hydrogen-bond donors (Lipinski definition) is 0. The number of hydrogen-bond acceptors (Lipinski definition) is 3. The van der Waals surface area contributed by atoms with Crippen molar-refractivity contribution >= 4 is 12.0 Å². The molecule has 0 saturated carbocycles. The Morgan fingerprint density at radius 3 is 2.48 bits per heavy atom. The first-order valence-electron chi connectivity index (χ1n) is 7.03. The van der Waals surface area contributed by atoms with E-state index in [-0.39, 0.29) is 30.6 Å². The molecule has 0 N–H and O–H groups in total. The topological polar surface area (TPSA) is 49.9 Å². The zero-order valence-corrected chi connectivity index (χ0v) is 13.0. The normalized spacial score (nSPS) is 19.0. The van der Waals surface area contributed by atoms with Crippen molar-refractivity contribution in [2.24, 2.45) is 5.41 Å². The van der Waals surface area contributed by atoms with E-state index in [1.54, 1.807) is 11.9 Å². The molecule has 1 aliphatic heterocycles. The summed E-state index contributed by atoms with van der Waals surface area (Å²) >= 11 is 0. The molecule has 5 nitrogen and oxygen atoms in total. The van der Waals surface area contributed by atoms with Crippen molar-refractivity contribution in [3.8, 4) is 0 Å². The molecule has 21 heavy (non-hydrogen) atoms. The molecule has 1 heterocycles. The zero-order chi connectivity index (χ0) is 15.6. The molecule has 1 fully saturated rings. The van der Waals surface area contributed by atoms with E-state index >= 15 is 0 Å². The van der Waals surface area contributed by atoms with Crippen LogP contribution in [0.1, 0.15) is 26.3 Å². The van der Waals surface area contributed by atoms with Crippen LogP contribution in [0.15, 0.2) is 30.3 Å². The second kappa shape index (κ2) is 5.76. The summed E-state index contributed by atoms with van der Waals surface area (Å²) in [6, 6.07) is 9.50. The number of amides is 2. The van der Waals surface area contributed by atoms with Crippen molar-refractivity contribution in [2.45, 2.75) is 33.5 Å². The highest BCUT2D eigenvalue weighted by molar-refractivity contribution is 5.86. The molecule has 2 amide bonds. The molecule has 0 aromatic heterocycles. The zero-order valence-electron chi connectivity index (χ0n) is 13.0. The highest BCUT2D eigenvalue weighted by atomic mass is 16.6. The summed E-state index contributed by atoms with van der Waals surface area (Å²) in [5.74, 6) is -0.0633. The standard InChI is InChI=1S/C16H22N2O3/c1-16(2,3)14-17(4)13(19)10-18(14)15(20)21-11-12-8-6-5-7-9-12/h5-9,14H,10-11H2,1-4H3. The van der Waals surface area contributed by atoms with Gasteiger partial charge >= 0.3 is 6.09 Å². The Bertz CT molecular complexity index is 522.